The minimum Gasteiger partial charge on any atom is -0.258 e. The lowest BCUT2D eigenvalue weighted by Gasteiger charge is -2.14. The molecule has 0 aliphatic carbocycles. The second kappa shape index (κ2) is 9.26. The topological polar surface area (TPSA) is 12.9 Å². The number of benzene rings is 8. The molecule has 8 aromatic carbocycles. The molecule has 0 aliphatic rings. The van der Waals surface area contributed by atoms with Crippen LogP contribution in [0.4, 0.5) is 0 Å². The molecule has 0 radical (unpaired) electrons. The Hall–Kier alpha value is -5.01. The van der Waals surface area contributed by atoms with Gasteiger partial charge in [0.15, 0.2) is 0 Å². The van der Waals surface area contributed by atoms with Crippen molar-refractivity contribution in [1.82, 2.24) is 4.98 Å². The van der Waals surface area contributed by atoms with Crippen LogP contribution in [0.1, 0.15) is 22.5 Å². The van der Waals surface area contributed by atoms with Crippen LogP contribution in [-0.2, 0) is 25.7 Å². The van der Waals surface area contributed by atoms with Gasteiger partial charge in [0.1, 0.15) is 0 Å². The molecule has 0 saturated heterocycles. The van der Waals surface area contributed by atoms with Crippen LogP contribution in [0, 0.1) is 0 Å². The first kappa shape index (κ1) is 23.7. The first-order valence-electron chi connectivity index (χ1n) is 15.1. The summed E-state index contributed by atoms with van der Waals surface area (Å²) in [6, 6.07) is 47.3. The number of rotatable bonds is 6. The third-order valence-electron chi connectivity index (χ3n) is 9.40. The number of hydrogen-bond donors (Lipinski definition) is 0. The van der Waals surface area contributed by atoms with Crippen molar-refractivity contribution in [3.8, 4) is 0 Å². The van der Waals surface area contributed by atoms with Gasteiger partial charge in [0.05, 0.1) is 0 Å². The van der Waals surface area contributed by atoms with Crippen molar-refractivity contribution >= 4 is 64.6 Å². The fourth-order valence-electron chi connectivity index (χ4n) is 7.36. The predicted octanol–water partition coefficient (Wildman–Crippen LogP) is 10.4. The van der Waals surface area contributed by atoms with Gasteiger partial charge < -0.3 is 0 Å². The van der Waals surface area contributed by atoms with Crippen molar-refractivity contribution in [2.75, 3.05) is 0 Å². The highest BCUT2D eigenvalue weighted by Gasteiger charge is 2.13. The van der Waals surface area contributed by atoms with Gasteiger partial charge in [-0.25, -0.2) is 0 Å². The molecule has 0 bridgehead atoms. The van der Waals surface area contributed by atoms with E-state index >= 15 is 0 Å². The highest BCUT2D eigenvalue weighted by Crippen LogP contribution is 2.37. The molecule has 9 aromatic rings. The Bertz CT molecular complexity index is 2220. The molecular formula is C41H29N. The van der Waals surface area contributed by atoms with E-state index in [9.17, 15) is 0 Å². The second-order valence-corrected chi connectivity index (χ2v) is 11.8. The zero-order valence-corrected chi connectivity index (χ0v) is 23.4. The van der Waals surface area contributed by atoms with Gasteiger partial charge in [0, 0.05) is 11.4 Å². The van der Waals surface area contributed by atoms with E-state index < -0.39 is 0 Å². The quantitative estimate of drug-likeness (QED) is 0.193. The number of pyridine rings is 1. The first-order valence-corrected chi connectivity index (χ1v) is 15.1. The SMILES string of the molecule is c1cc(CCc2ccc3ccc4cccc5ccc2c3c45)nc(CCc2ccc3ccc4cccc5ccc2c3c45)c1. The molecule has 1 heterocycles. The van der Waals surface area contributed by atoms with Crippen LogP contribution in [-0.4, -0.2) is 4.98 Å². The molecule has 1 heteroatoms. The van der Waals surface area contributed by atoms with Crippen molar-refractivity contribution < 1.29 is 0 Å². The zero-order chi connectivity index (χ0) is 27.6. The van der Waals surface area contributed by atoms with Crippen molar-refractivity contribution in [3.05, 3.63) is 150 Å². The molecule has 0 spiro atoms. The van der Waals surface area contributed by atoms with E-state index in [2.05, 4.69) is 127 Å². The molecule has 0 unspecified atom stereocenters. The average Bonchev–Trinajstić information content (AvgIpc) is 3.05. The standard InChI is InChI=1S/C41H29N/c1-4-28-14-16-32-12-10-26(36-24-20-30(6-1)38(28)40(32)36)18-22-34-8-3-9-35(42-34)23-19-27-11-13-33-17-15-29-5-2-7-31-21-25-37(27)41(33)39(29)31/h1-17,20-21,24-25H,18-19,22-23H2. The average molecular weight is 536 g/mol. The highest BCUT2D eigenvalue weighted by molar-refractivity contribution is 6.24. The van der Waals surface area contributed by atoms with E-state index in [0.717, 1.165) is 25.7 Å². The number of hydrogen-bond acceptors (Lipinski definition) is 1. The van der Waals surface area contributed by atoms with Gasteiger partial charge in [-0.15, -0.1) is 0 Å². The molecule has 9 rings (SSSR count). The van der Waals surface area contributed by atoms with Gasteiger partial charge in [-0.05, 0) is 114 Å². The number of aryl methyl sites for hydroxylation is 4. The predicted molar refractivity (Wildman–Crippen MR) is 179 cm³/mol. The lowest BCUT2D eigenvalue weighted by Crippen LogP contribution is -2.01. The third kappa shape index (κ3) is 3.67. The van der Waals surface area contributed by atoms with E-state index in [0.29, 0.717) is 0 Å². The Morgan fingerprint density at radius 3 is 1.12 bits per heavy atom. The fraction of sp³-hybridized carbons (Fsp3) is 0.0976. The van der Waals surface area contributed by atoms with Gasteiger partial charge >= 0.3 is 0 Å². The molecule has 0 atom stereocenters. The molecule has 1 aromatic heterocycles. The van der Waals surface area contributed by atoms with Gasteiger partial charge in [0.2, 0.25) is 0 Å². The first-order chi connectivity index (χ1) is 20.8. The van der Waals surface area contributed by atoms with Crippen LogP contribution >= 0.6 is 0 Å². The van der Waals surface area contributed by atoms with Crippen LogP contribution in [0.25, 0.3) is 64.6 Å². The third-order valence-corrected chi connectivity index (χ3v) is 9.40. The molecule has 0 fully saturated rings. The summed E-state index contributed by atoms with van der Waals surface area (Å²) >= 11 is 0. The maximum atomic E-state index is 5.13. The molecule has 1 nitrogen and oxygen atoms in total. The van der Waals surface area contributed by atoms with Crippen LogP contribution < -0.4 is 0 Å². The van der Waals surface area contributed by atoms with Crippen LogP contribution in [0.15, 0.2) is 127 Å². The Labute approximate surface area is 244 Å². The Morgan fingerprint density at radius 1 is 0.310 bits per heavy atom. The monoisotopic (exact) mass is 535 g/mol. The summed E-state index contributed by atoms with van der Waals surface area (Å²) in [5, 5.41) is 16.3. The summed E-state index contributed by atoms with van der Waals surface area (Å²) in [6.07, 6.45) is 3.85. The van der Waals surface area contributed by atoms with Gasteiger partial charge in [-0.2, -0.15) is 0 Å². The summed E-state index contributed by atoms with van der Waals surface area (Å²) in [6.45, 7) is 0. The summed E-state index contributed by atoms with van der Waals surface area (Å²) in [4.78, 5) is 5.13. The summed E-state index contributed by atoms with van der Waals surface area (Å²) in [5.41, 5.74) is 5.16. The van der Waals surface area contributed by atoms with E-state index in [1.807, 2.05) is 0 Å². The lowest BCUT2D eigenvalue weighted by atomic mass is 9.90. The van der Waals surface area contributed by atoms with Crippen molar-refractivity contribution in [3.63, 3.8) is 0 Å². The lowest BCUT2D eigenvalue weighted by molar-refractivity contribution is 0.862. The van der Waals surface area contributed by atoms with Crippen LogP contribution in [0.2, 0.25) is 0 Å². The Kier molecular flexibility index (Phi) is 5.22. The van der Waals surface area contributed by atoms with E-state index in [4.69, 9.17) is 4.98 Å². The normalized spacial score (nSPS) is 12.2. The fourth-order valence-corrected chi connectivity index (χ4v) is 7.36. The van der Waals surface area contributed by atoms with E-state index in [1.54, 1.807) is 0 Å². The summed E-state index contributed by atoms with van der Waals surface area (Å²) in [7, 11) is 0. The molecule has 42 heavy (non-hydrogen) atoms. The minimum atomic E-state index is 0.941. The summed E-state index contributed by atoms with van der Waals surface area (Å²) in [5.74, 6) is 0. The highest BCUT2D eigenvalue weighted by atomic mass is 14.7. The minimum absolute atomic E-state index is 0.941. The summed E-state index contributed by atoms with van der Waals surface area (Å²) < 4.78 is 0. The molecule has 198 valence electrons. The van der Waals surface area contributed by atoms with Gasteiger partial charge in [0.25, 0.3) is 0 Å². The molecule has 0 saturated carbocycles. The van der Waals surface area contributed by atoms with Crippen molar-refractivity contribution in [2.45, 2.75) is 25.7 Å². The molecule has 0 amide bonds. The van der Waals surface area contributed by atoms with E-state index in [1.165, 1.54) is 87.1 Å². The smallest absolute Gasteiger partial charge is 0.0410 e. The zero-order valence-electron chi connectivity index (χ0n) is 23.4. The van der Waals surface area contributed by atoms with Crippen molar-refractivity contribution in [1.29, 1.82) is 0 Å². The second-order valence-electron chi connectivity index (χ2n) is 11.8. The Balaban J connectivity index is 0.992. The number of aromatic nitrogens is 1. The van der Waals surface area contributed by atoms with Crippen LogP contribution in [0.5, 0.6) is 0 Å². The van der Waals surface area contributed by atoms with Crippen LogP contribution in [0.3, 0.4) is 0 Å². The largest absolute Gasteiger partial charge is 0.258 e. The van der Waals surface area contributed by atoms with E-state index in [-0.39, 0.29) is 0 Å². The maximum absolute atomic E-state index is 5.13. The van der Waals surface area contributed by atoms with Gasteiger partial charge in [-0.1, -0.05) is 115 Å². The maximum Gasteiger partial charge on any atom is 0.0410 e. The van der Waals surface area contributed by atoms with Gasteiger partial charge in [-0.3, -0.25) is 4.98 Å². The number of nitrogens with zero attached hydrogens (tertiary/aromatic N) is 1. The molecule has 0 aliphatic heterocycles. The Morgan fingerprint density at radius 2 is 0.667 bits per heavy atom. The molecular weight excluding hydrogens is 506 g/mol. The van der Waals surface area contributed by atoms with Crippen molar-refractivity contribution in [2.24, 2.45) is 0 Å². The molecule has 0 N–H and O–H groups in total.